The molecule has 1 amide bonds. The first-order chi connectivity index (χ1) is 3.66. The van der Waals surface area contributed by atoms with Crippen molar-refractivity contribution in [3.05, 3.63) is 0 Å². The Balaban J connectivity index is 3.43. The maximum atomic E-state index is 9.87. The van der Waals surface area contributed by atoms with Gasteiger partial charge in [-0.15, -0.1) is 6.42 Å². The molecule has 0 radical (unpaired) electrons. The molecule has 0 aromatic carbocycles. The summed E-state index contributed by atoms with van der Waals surface area (Å²) in [6, 6.07) is 0. The summed E-state index contributed by atoms with van der Waals surface area (Å²) in [4.78, 5) is 9.87. The minimum atomic E-state index is -0.845. The van der Waals surface area contributed by atoms with Crippen molar-refractivity contribution in [2.24, 2.45) is 5.73 Å². The SMILES string of the molecule is C#CC(I)OC(N)=O. The number of primary amides is 1. The number of amides is 1. The molecule has 0 heterocycles. The van der Waals surface area contributed by atoms with E-state index in [0.29, 0.717) is 0 Å². The molecule has 0 aromatic heterocycles. The third-order valence-electron chi connectivity index (χ3n) is 0.351. The van der Waals surface area contributed by atoms with E-state index >= 15 is 0 Å². The largest absolute Gasteiger partial charge is 0.423 e. The first-order valence-electron chi connectivity index (χ1n) is 1.73. The van der Waals surface area contributed by atoms with Crippen LogP contribution in [-0.2, 0) is 4.74 Å². The van der Waals surface area contributed by atoms with Gasteiger partial charge in [-0.25, -0.2) is 4.79 Å². The summed E-state index contributed by atoms with van der Waals surface area (Å²) in [5.74, 6) is 2.16. The van der Waals surface area contributed by atoms with Crippen molar-refractivity contribution in [1.82, 2.24) is 0 Å². The van der Waals surface area contributed by atoms with Gasteiger partial charge in [-0.1, -0.05) is 5.92 Å². The summed E-state index contributed by atoms with van der Waals surface area (Å²) in [6.45, 7) is 0. The summed E-state index contributed by atoms with van der Waals surface area (Å²) < 4.78 is 3.74. The molecule has 0 saturated heterocycles. The number of terminal acetylenes is 1. The highest BCUT2D eigenvalue weighted by molar-refractivity contribution is 14.1. The van der Waals surface area contributed by atoms with Crippen LogP contribution in [0.2, 0.25) is 0 Å². The summed E-state index contributed by atoms with van der Waals surface area (Å²) in [5.41, 5.74) is 4.61. The van der Waals surface area contributed by atoms with Crippen molar-refractivity contribution in [3.8, 4) is 12.3 Å². The molecule has 0 aromatic rings. The van der Waals surface area contributed by atoms with Gasteiger partial charge in [0.15, 0.2) is 0 Å². The van der Waals surface area contributed by atoms with Crippen molar-refractivity contribution in [1.29, 1.82) is 0 Å². The number of carbonyl (C=O) groups excluding carboxylic acids is 1. The molecule has 4 heteroatoms. The fourth-order valence-corrected chi connectivity index (χ4v) is 0.387. The predicted molar refractivity (Wildman–Crippen MR) is 37.3 cm³/mol. The van der Waals surface area contributed by atoms with E-state index in [0.717, 1.165) is 0 Å². The molecule has 0 aliphatic rings. The third kappa shape index (κ3) is 3.74. The van der Waals surface area contributed by atoms with E-state index < -0.39 is 10.2 Å². The predicted octanol–water partition coefficient (Wildman–Crippen LogP) is 0.476. The Morgan fingerprint density at radius 1 is 2.00 bits per heavy atom. The maximum Gasteiger partial charge on any atom is 0.406 e. The number of halogens is 1. The van der Waals surface area contributed by atoms with Gasteiger partial charge in [0.1, 0.15) is 0 Å². The minimum Gasteiger partial charge on any atom is -0.423 e. The summed E-state index contributed by atoms with van der Waals surface area (Å²) in [6.07, 6.45) is 3.99. The van der Waals surface area contributed by atoms with Crippen LogP contribution in [0.4, 0.5) is 4.79 Å². The number of hydrogen-bond acceptors (Lipinski definition) is 2. The number of hydrogen-bond donors (Lipinski definition) is 1. The smallest absolute Gasteiger partial charge is 0.406 e. The van der Waals surface area contributed by atoms with E-state index in [2.05, 4.69) is 16.4 Å². The first kappa shape index (κ1) is 7.56. The molecule has 0 aliphatic heterocycles. The molecule has 0 saturated carbocycles. The minimum absolute atomic E-state index is 0.551. The molecular formula is C4H4INO2. The van der Waals surface area contributed by atoms with E-state index in [1.165, 1.54) is 0 Å². The second-order valence-corrected chi connectivity index (χ2v) is 2.05. The van der Waals surface area contributed by atoms with E-state index in [-0.39, 0.29) is 0 Å². The van der Waals surface area contributed by atoms with Crippen molar-refractivity contribution in [2.45, 2.75) is 4.11 Å². The lowest BCUT2D eigenvalue weighted by atomic mass is 10.8. The Bertz CT molecular complexity index is 128. The van der Waals surface area contributed by atoms with Gasteiger partial charge in [-0.3, -0.25) is 0 Å². The molecule has 0 aliphatic carbocycles. The van der Waals surface area contributed by atoms with Crippen LogP contribution in [0, 0.1) is 12.3 Å². The zero-order chi connectivity index (χ0) is 6.57. The monoisotopic (exact) mass is 225 g/mol. The Morgan fingerprint density at radius 3 is 2.62 bits per heavy atom. The van der Waals surface area contributed by atoms with E-state index in [9.17, 15) is 4.79 Å². The fraction of sp³-hybridized carbons (Fsp3) is 0.250. The van der Waals surface area contributed by atoms with Gasteiger partial charge in [0.05, 0.1) is 0 Å². The van der Waals surface area contributed by atoms with Crippen LogP contribution in [0.3, 0.4) is 0 Å². The van der Waals surface area contributed by atoms with Crippen molar-refractivity contribution in [2.75, 3.05) is 0 Å². The standard InChI is InChI=1S/C4H4INO2/c1-2-3(5)8-4(6)7/h1,3H,(H2,6,7). The molecule has 0 rings (SSSR count). The summed E-state index contributed by atoms with van der Waals surface area (Å²) >= 11 is 1.76. The number of rotatable bonds is 1. The quantitative estimate of drug-likeness (QED) is 0.400. The lowest BCUT2D eigenvalue weighted by Crippen LogP contribution is -2.16. The first-order valence-corrected chi connectivity index (χ1v) is 2.97. The normalized spacial score (nSPS) is 11.5. The number of ether oxygens (including phenoxy) is 1. The molecule has 44 valence electrons. The number of carbonyl (C=O) groups is 1. The van der Waals surface area contributed by atoms with Crippen LogP contribution in [-0.4, -0.2) is 10.2 Å². The molecule has 2 N–H and O–H groups in total. The van der Waals surface area contributed by atoms with Gasteiger partial charge >= 0.3 is 6.09 Å². The second-order valence-electron chi connectivity index (χ2n) is 0.920. The zero-order valence-corrected chi connectivity index (χ0v) is 6.08. The second kappa shape index (κ2) is 3.55. The molecule has 0 fully saturated rings. The molecule has 8 heavy (non-hydrogen) atoms. The van der Waals surface area contributed by atoms with Crippen molar-refractivity contribution < 1.29 is 9.53 Å². The third-order valence-corrected chi connectivity index (χ3v) is 0.965. The summed E-state index contributed by atoms with van der Waals surface area (Å²) in [7, 11) is 0. The lowest BCUT2D eigenvalue weighted by molar-refractivity contribution is 0.166. The topological polar surface area (TPSA) is 52.3 Å². The zero-order valence-electron chi connectivity index (χ0n) is 3.93. The average molecular weight is 225 g/mol. The van der Waals surface area contributed by atoms with Crippen LogP contribution >= 0.6 is 22.6 Å². The van der Waals surface area contributed by atoms with Crippen LogP contribution < -0.4 is 5.73 Å². The van der Waals surface area contributed by atoms with Gasteiger partial charge in [-0.05, 0) is 22.6 Å². The summed E-state index contributed by atoms with van der Waals surface area (Å²) in [5, 5.41) is 0. The van der Waals surface area contributed by atoms with E-state index in [1.807, 2.05) is 0 Å². The van der Waals surface area contributed by atoms with Crippen molar-refractivity contribution >= 4 is 28.7 Å². The van der Waals surface area contributed by atoms with Crippen LogP contribution in [0.5, 0.6) is 0 Å². The lowest BCUT2D eigenvalue weighted by Gasteiger charge is -1.98. The highest BCUT2D eigenvalue weighted by atomic mass is 127. The van der Waals surface area contributed by atoms with Gasteiger partial charge in [-0.2, -0.15) is 0 Å². The Morgan fingerprint density at radius 2 is 2.50 bits per heavy atom. The van der Waals surface area contributed by atoms with Gasteiger partial charge < -0.3 is 10.5 Å². The molecule has 1 atom stereocenters. The van der Waals surface area contributed by atoms with Crippen LogP contribution in [0.15, 0.2) is 0 Å². The fourth-order valence-electron chi connectivity index (χ4n) is 0.136. The molecular weight excluding hydrogens is 221 g/mol. The van der Waals surface area contributed by atoms with Crippen molar-refractivity contribution in [3.63, 3.8) is 0 Å². The van der Waals surface area contributed by atoms with Gasteiger partial charge in [0, 0.05) is 0 Å². The Labute approximate surface area is 60.7 Å². The molecule has 0 spiro atoms. The average Bonchev–Trinajstić information content (AvgIpc) is 1.65. The number of nitrogens with two attached hydrogens (primary N) is 1. The van der Waals surface area contributed by atoms with E-state index in [1.54, 1.807) is 22.6 Å². The van der Waals surface area contributed by atoms with E-state index in [4.69, 9.17) is 6.42 Å². The number of alkyl halides is 1. The van der Waals surface area contributed by atoms with Gasteiger partial charge in [0.25, 0.3) is 0 Å². The van der Waals surface area contributed by atoms with Crippen LogP contribution in [0.25, 0.3) is 0 Å². The highest BCUT2D eigenvalue weighted by Crippen LogP contribution is 1.98. The van der Waals surface area contributed by atoms with Gasteiger partial charge in [0.2, 0.25) is 4.11 Å². The highest BCUT2D eigenvalue weighted by Gasteiger charge is 1.99. The maximum absolute atomic E-state index is 9.87. The van der Waals surface area contributed by atoms with Crippen LogP contribution in [0.1, 0.15) is 0 Å². The molecule has 1 unspecified atom stereocenters. The molecule has 0 bridgehead atoms. The Hall–Kier alpha value is -0.440. The Kier molecular flexibility index (Phi) is 3.35. The molecule has 3 nitrogen and oxygen atoms in total.